The summed E-state index contributed by atoms with van der Waals surface area (Å²) < 4.78 is 8.10. The molecule has 3 rings (SSSR count). The number of ether oxygens (including phenoxy) is 1. The van der Waals surface area contributed by atoms with Gasteiger partial charge in [-0.1, -0.05) is 44.5 Å². The van der Waals surface area contributed by atoms with Crippen molar-refractivity contribution >= 4 is 17.0 Å². The standard InChI is InChI=1S/C24H30N2O3/c1-3-4-9-23-25-21-7-5-6-8-22(21)26(23)17-19-10-12-20(13-11-19)29-15-14-18(2)16-24(27)28/h5-8,10-13,18H,3-4,9,14-17H2,1-2H3,(H,27,28). The molecule has 0 aliphatic rings. The lowest BCUT2D eigenvalue weighted by Crippen LogP contribution is -2.09. The van der Waals surface area contributed by atoms with Gasteiger partial charge in [-0.25, -0.2) is 4.98 Å². The maximum atomic E-state index is 10.7. The van der Waals surface area contributed by atoms with Crippen LogP contribution >= 0.6 is 0 Å². The monoisotopic (exact) mass is 394 g/mol. The molecule has 29 heavy (non-hydrogen) atoms. The van der Waals surface area contributed by atoms with Crippen LogP contribution in [0.4, 0.5) is 0 Å². The SMILES string of the molecule is CCCCc1nc2ccccc2n1Cc1ccc(OCCC(C)CC(=O)O)cc1. The van der Waals surface area contributed by atoms with Gasteiger partial charge in [-0.2, -0.15) is 0 Å². The molecule has 1 heterocycles. The maximum absolute atomic E-state index is 10.7. The highest BCUT2D eigenvalue weighted by Crippen LogP contribution is 2.21. The van der Waals surface area contributed by atoms with Crippen LogP contribution in [-0.4, -0.2) is 27.2 Å². The highest BCUT2D eigenvalue weighted by atomic mass is 16.5. The number of imidazole rings is 1. The smallest absolute Gasteiger partial charge is 0.303 e. The molecule has 0 radical (unpaired) electrons. The molecule has 1 N–H and O–H groups in total. The van der Waals surface area contributed by atoms with E-state index in [0.29, 0.717) is 6.61 Å². The first-order valence-electron chi connectivity index (χ1n) is 10.4. The quantitative estimate of drug-likeness (QED) is 0.479. The molecule has 0 saturated heterocycles. The Balaban J connectivity index is 1.64. The Morgan fingerprint density at radius 1 is 1.17 bits per heavy atom. The number of hydrogen-bond acceptors (Lipinski definition) is 3. The second-order valence-corrected chi connectivity index (χ2v) is 7.69. The van der Waals surface area contributed by atoms with Crippen LogP contribution < -0.4 is 4.74 Å². The molecule has 1 aromatic heterocycles. The fourth-order valence-corrected chi connectivity index (χ4v) is 3.48. The van der Waals surface area contributed by atoms with E-state index in [9.17, 15) is 4.79 Å². The van der Waals surface area contributed by atoms with Crippen LogP contribution in [0.15, 0.2) is 48.5 Å². The Hall–Kier alpha value is -2.82. The van der Waals surface area contributed by atoms with E-state index in [2.05, 4.69) is 41.8 Å². The van der Waals surface area contributed by atoms with Gasteiger partial charge in [0.05, 0.1) is 17.6 Å². The number of para-hydroxylation sites is 2. The average molecular weight is 395 g/mol. The zero-order valence-corrected chi connectivity index (χ0v) is 17.3. The number of carboxylic acids is 1. The second kappa shape index (κ2) is 10.1. The lowest BCUT2D eigenvalue weighted by Gasteiger charge is -2.12. The lowest BCUT2D eigenvalue weighted by molar-refractivity contribution is -0.138. The number of benzene rings is 2. The summed E-state index contributed by atoms with van der Waals surface area (Å²) in [6, 6.07) is 16.5. The van der Waals surface area contributed by atoms with Gasteiger partial charge < -0.3 is 14.4 Å². The molecule has 5 nitrogen and oxygen atoms in total. The largest absolute Gasteiger partial charge is 0.494 e. The van der Waals surface area contributed by atoms with Gasteiger partial charge in [-0.05, 0) is 48.6 Å². The zero-order valence-electron chi connectivity index (χ0n) is 17.3. The molecule has 0 spiro atoms. The van der Waals surface area contributed by atoms with Gasteiger partial charge in [0.15, 0.2) is 0 Å². The van der Waals surface area contributed by atoms with E-state index in [1.807, 2.05) is 25.1 Å². The number of fused-ring (bicyclic) bond motifs is 1. The van der Waals surface area contributed by atoms with Crippen molar-refractivity contribution in [3.05, 3.63) is 59.9 Å². The summed E-state index contributed by atoms with van der Waals surface area (Å²) in [4.78, 5) is 15.6. The third-order valence-corrected chi connectivity index (χ3v) is 5.15. The van der Waals surface area contributed by atoms with Gasteiger partial charge in [-0.3, -0.25) is 4.79 Å². The third-order valence-electron chi connectivity index (χ3n) is 5.15. The van der Waals surface area contributed by atoms with Crippen LogP contribution in [0.2, 0.25) is 0 Å². The van der Waals surface area contributed by atoms with Crippen LogP contribution in [0, 0.1) is 5.92 Å². The second-order valence-electron chi connectivity index (χ2n) is 7.69. The molecule has 1 unspecified atom stereocenters. The van der Waals surface area contributed by atoms with Crippen molar-refractivity contribution in [3.8, 4) is 5.75 Å². The van der Waals surface area contributed by atoms with Crippen LogP contribution in [0.25, 0.3) is 11.0 Å². The molecule has 3 aromatic rings. The molecule has 0 aliphatic carbocycles. The van der Waals surface area contributed by atoms with Gasteiger partial charge in [0, 0.05) is 19.4 Å². The van der Waals surface area contributed by atoms with E-state index in [1.165, 1.54) is 11.1 Å². The molecule has 0 bridgehead atoms. The van der Waals surface area contributed by atoms with E-state index < -0.39 is 5.97 Å². The number of carboxylic acid groups (broad SMARTS) is 1. The van der Waals surface area contributed by atoms with Crippen molar-refractivity contribution in [1.82, 2.24) is 9.55 Å². The number of nitrogens with zero attached hydrogens (tertiary/aromatic N) is 2. The summed E-state index contributed by atoms with van der Waals surface area (Å²) >= 11 is 0. The van der Waals surface area contributed by atoms with E-state index in [4.69, 9.17) is 14.8 Å². The zero-order chi connectivity index (χ0) is 20.6. The molecule has 5 heteroatoms. The Bertz CT molecular complexity index is 931. The molecule has 0 aliphatic heterocycles. The highest BCUT2D eigenvalue weighted by Gasteiger charge is 2.11. The number of unbranched alkanes of at least 4 members (excludes halogenated alkanes) is 1. The molecular weight excluding hydrogens is 364 g/mol. The topological polar surface area (TPSA) is 64.4 Å². The molecule has 1 atom stereocenters. The summed E-state index contributed by atoms with van der Waals surface area (Å²) in [5, 5.41) is 8.82. The minimum atomic E-state index is -0.757. The van der Waals surface area contributed by atoms with Crippen LogP contribution in [0.3, 0.4) is 0 Å². The predicted molar refractivity (Wildman–Crippen MR) is 115 cm³/mol. The van der Waals surface area contributed by atoms with Crippen LogP contribution in [-0.2, 0) is 17.8 Å². The van der Waals surface area contributed by atoms with Crippen molar-refractivity contribution in [2.24, 2.45) is 5.92 Å². The van der Waals surface area contributed by atoms with E-state index >= 15 is 0 Å². The van der Waals surface area contributed by atoms with Gasteiger partial charge in [0.1, 0.15) is 11.6 Å². The summed E-state index contributed by atoms with van der Waals surface area (Å²) in [5.74, 6) is 1.31. The van der Waals surface area contributed by atoms with Crippen molar-refractivity contribution in [3.63, 3.8) is 0 Å². The fourth-order valence-electron chi connectivity index (χ4n) is 3.48. The number of hydrogen-bond donors (Lipinski definition) is 1. The van der Waals surface area contributed by atoms with E-state index in [-0.39, 0.29) is 12.3 Å². The molecular formula is C24H30N2O3. The summed E-state index contributed by atoms with van der Waals surface area (Å²) in [5.41, 5.74) is 3.43. The third kappa shape index (κ3) is 5.83. The lowest BCUT2D eigenvalue weighted by atomic mass is 10.1. The predicted octanol–water partition coefficient (Wildman–Crippen LogP) is 5.31. The first kappa shape index (κ1) is 20.9. The summed E-state index contributed by atoms with van der Waals surface area (Å²) in [6.45, 7) is 5.46. The summed E-state index contributed by atoms with van der Waals surface area (Å²) in [6.07, 6.45) is 4.19. The van der Waals surface area contributed by atoms with Crippen LogP contribution in [0.1, 0.15) is 50.9 Å². The maximum Gasteiger partial charge on any atom is 0.303 e. The Morgan fingerprint density at radius 2 is 1.93 bits per heavy atom. The Labute approximate surface area is 172 Å². The van der Waals surface area contributed by atoms with Crippen LogP contribution in [0.5, 0.6) is 5.75 Å². The number of aryl methyl sites for hydroxylation is 1. The van der Waals surface area contributed by atoms with Crippen molar-refractivity contribution in [2.75, 3.05) is 6.61 Å². The minimum Gasteiger partial charge on any atom is -0.494 e. The van der Waals surface area contributed by atoms with Crippen molar-refractivity contribution in [2.45, 2.75) is 52.5 Å². The van der Waals surface area contributed by atoms with E-state index in [0.717, 1.165) is 49.3 Å². The fraction of sp³-hybridized carbons (Fsp3) is 0.417. The number of aliphatic carboxylic acids is 1. The minimum absolute atomic E-state index is 0.114. The highest BCUT2D eigenvalue weighted by molar-refractivity contribution is 5.76. The first-order valence-corrected chi connectivity index (χ1v) is 10.4. The van der Waals surface area contributed by atoms with Crippen molar-refractivity contribution < 1.29 is 14.6 Å². The molecule has 0 saturated carbocycles. The first-order chi connectivity index (χ1) is 14.1. The average Bonchev–Trinajstić information content (AvgIpc) is 3.04. The van der Waals surface area contributed by atoms with Gasteiger partial charge in [0.25, 0.3) is 0 Å². The van der Waals surface area contributed by atoms with Gasteiger partial charge in [-0.15, -0.1) is 0 Å². The molecule has 2 aromatic carbocycles. The Morgan fingerprint density at radius 3 is 2.66 bits per heavy atom. The normalized spacial score (nSPS) is 12.2. The number of rotatable bonds is 11. The Kier molecular flexibility index (Phi) is 7.28. The molecule has 154 valence electrons. The number of aromatic nitrogens is 2. The molecule has 0 fully saturated rings. The van der Waals surface area contributed by atoms with Gasteiger partial charge >= 0.3 is 5.97 Å². The van der Waals surface area contributed by atoms with E-state index in [1.54, 1.807) is 0 Å². The summed E-state index contributed by atoms with van der Waals surface area (Å²) in [7, 11) is 0. The van der Waals surface area contributed by atoms with Crippen molar-refractivity contribution in [1.29, 1.82) is 0 Å². The molecule has 0 amide bonds. The number of carbonyl (C=O) groups is 1. The van der Waals surface area contributed by atoms with Gasteiger partial charge in [0.2, 0.25) is 0 Å².